The van der Waals surface area contributed by atoms with Gasteiger partial charge in [-0.3, -0.25) is 14.2 Å². The van der Waals surface area contributed by atoms with E-state index in [0.717, 1.165) is 5.69 Å². The fourth-order valence-corrected chi connectivity index (χ4v) is 6.43. The van der Waals surface area contributed by atoms with E-state index in [2.05, 4.69) is 20.5 Å². The number of pyridine rings is 1. The van der Waals surface area contributed by atoms with Crippen molar-refractivity contribution in [3.63, 3.8) is 0 Å². The predicted molar refractivity (Wildman–Crippen MR) is 152 cm³/mol. The van der Waals surface area contributed by atoms with E-state index in [1.165, 1.54) is 15.9 Å². The quantitative estimate of drug-likeness (QED) is 0.325. The molecule has 0 unspecified atom stereocenters. The van der Waals surface area contributed by atoms with Crippen LogP contribution >= 0.6 is 0 Å². The Balaban J connectivity index is 1.46. The number of aryl methyl sites for hydroxylation is 1. The van der Waals surface area contributed by atoms with Crippen molar-refractivity contribution in [2.45, 2.75) is 46.3 Å². The van der Waals surface area contributed by atoms with E-state index < -0.39 is 33.5 Å². The van der Waals surface area contributed by atoms with Crippen molar-refractivity contribution in [2.75, 3.05) is 24.2 Å². The first-order valence-corrected chi connectivity index (χ1v) is 15.2. The number of hydrogen-bond acceptors (Lipinski definition) is 6. The van der Waals surface area contributed by atoms with E-state index in [-0.39, 0.29) is 29.5 Å². The second-order valence-corrected chi connectivity index (χ2v) is 12.8. The lowest BCUT2D eigenvalue weighted by atomic mass is 9.98. The summed E-state index contributed by atoms with van der Waals surface area (Å²) >= 11 is 0. The molecule has 1 saturated heterocycles. The number of sulfonamides is 1. The van der Waals surface area contributed by atoms with E-state index in [1.54, 1.807) is 55.2 Å². The summed E-state index contributed by atoms with van der Waals surface area (Å²) in [6.07, 6.45) is -2.18. The average Bonchev–Trinajstić information content (AvgIpc) is 3.46. The van der Waals surface area contributed by atoms with Gasteiger partial charge in [0.2, 0.25) is 10.0 Å². The van der Waals surface area contributed by atoms with Crippen molar-refractivity contribution in [3.05, 3.63) is 59.2 Å². The van der Waals surface area contributed by atoms with Crippen LogP contribution in [0, 0.1) is 19.8 Å². The van der Waals surface area contributed by atoms with Crippen LogP contribution in [0.3, 0.4) is 0 Å². The van der Waals surface area contributed by atoms with Gasteiger partial charge in [0.15, 0.2) is 5.69 Å². The number of alkyl halides is 3. The molecule has 1 aromatic carbocycles. The van der Waals surface area contributed by atoms with Gasteiger partial charge in [-0.25, -0.2) is 17.7 Å². The lowest BCUT2D eigenvalue weighted by molar-refractivity contribution is -0.140. The molecule has 0 bridgehead atoms. The van der Waals surface area contributed by atoms with E-state index in [0.29, 0.717) is 48.1 Å². The molecule has 1 aliphatic rings. The van der Waals surface area contributed by atoms with Gasteiger partial charge in [-0.2, -0.15) is 23.4 Å². The number of anilines is 1. The van der Waals surface area contributed by atoms with Gasteiger partial charge >= 0.3 is 6.18 Å². The molecular formula is C28H32F3N7O3S. The second-order valence-electron chi connectivity index (χ2n) is 10.5. The Kier molecular flexibility index (Phi) is 7.88. The van der Waals surface area contributed by atoms with E-state index >= 15 is 0 Å². The monoisotopic (exact) mass is 603 g/mol. The number of para-hydroxylation sites is 1. The van der Waals surface area contributed by atoms with Crippen LogP contribution in [-0.2, 0) is 29.8 Å². The summed E-state index contributed by atoms with van der Waals surface area (Å²) in [7, 11) is -1.54. The zero-order valence-electron chi connectivity index (χ0n) is 23.7. The third-order valence-electron chi connectivity index (χ3n) is 7.95. The molecule has 3 aromatic heterocycles. The highest BCUT2D eigenvalue weighted by Crippen LogP contribution is 2.37. The van der Waals surface area contributed by atoms with Crippen LogP contribution in [0.2, 0.25) is 0 Å². The molecule has 0 atom stereocenters. The molecule has 5 rings (SSSR count). The molecule has 14 heteroatoms. The number of halogens is 3. The summed E-state index contributed by atoms with van der Waals surface area (Å²) in [5.41, 5.74) is 1.27. The minimum atomic E-state index is -4.81. The zero-order valence-corrected chi connectivity index (χ0v) is 24.6. The van der Waals surface area contributed by atoms with Crippen LogP contribution in [0.5, 0.6) is 0 Å². The number of fused-ring (bicyclic) bond motifs is 1. The maximum absolute atomic E-state index is 14.2. The fourth-order valence-electron chi connectivity index (χ4n) is 5.30. The van der Waals surface area contributed by atoms with Gasteiger partial charge in [-0.05, 0) is 51.7 Å². The summed E-state index contributed by atoms with van der Waals surface area (Å²) in [6, 6.07) is 8.51. The highest BCUT2D eigenvalue weighted by molar-refractivity contribution is 7.89. The van der Waals surface area contributed by atoms with Gasteiger partial charge in [0.1, 0.15) is 0 Å². The van der Waals surface area contributed by atoms with Gasteiger partial charge in [0, 0.05) is 43.3 Å². The van der Waals surface area contributed by atoms with E-state index in [4.69, 9.17) is 0 Å². The molecule has 1 N–H and O–H groups in total. The molecule has 4 heterocycles. The van der Waals surface area contributed by atoms with Crippen molar-refractivity contribution in [2.24, 2.45) is 13.0 Å². The number of piperidine rings is 1. The number of carbonyl (C=O) groups excluding carboxylic acids is 1. The smallest absolute Gasteiger partial charge is 0.319 e. The average molecular weight is 604 g/mol. The number of rotatable bonds is 7. The third kappa shape index (κ3) is 5.64. The number of aromatic nitrogens is 5. The van der Waals surface area contributed by atoms with Crippen molar-refractivity contribution < 1.29 is 26.4 Å². The maximum Gasteiger partial charge on any atom is 0.437 e. The van der Waals surface area contributed by atoms with Gasteiger partial charge in [0.25, 0.3) is 5.91 Å². The van der Waals surface area contributed by atoms with Crippen LogP contribution in [-0.4, -0.2) is 62.0 Å². The number of hydrogen-bond donors (Lipinski definition) is 1. The van der Waals surface area contributed by atoms with Gasteiger partial charge in [-0.1, -0.05) is 18.2 Å². The topological polar surface area (TPSA) is 115 Å². The summed E-state index contributed by atoms with van der Waals surface area (Å²) in [6.45, 7) is 5.73. The number of nitrogens with one attached hydrogen (secondary N) is 1. The van der Waals surface area contributed by atoms with Gasteiger partial charge in [0.05, 0.1) is 40.1 Å². The maximum atomic E-state index is 14.2. The molecule has 1 aliphatic heterocycles. The van der Waals surface area contributed by atoms with E-state index in [9.17, 15) is 26.4 Å². The molecule has 42 heavy (non-hydrogen) atoms. The largest absolute Gasteiger partial charge is 0.437 e. The Labute approximate surface area is 241 Å². The SMILES string of the molecule is CCS(=O)(=O)N1CCC(Cn2nc(C(F)(F)F)c(NC(=O)c3cc(-c4cnn(C)c4C)nc4ccccc34)c2C)CC1. The summed E-state index contributed by atoms with van der Waals surface area (Å²) < 4.78 is 71.2. The number of benzene rings is 1. The minimum Gasteiger partial charge on any atom is -0.319 e. The predicted octanol–water partition coefficient (Wildman–Crippen LogP) is 4.78. The fraction of sp³-hybridized carbons (Fsp3) is 0.429. The Bertz CT molecular complexity index is 1750. The van der Waals surface area contributed by atoms with Crippen LogP contribution in [0.15, 0.2) is 36.5 Å². The Morgan fingerprint density at radius 2 is 1.81 bits per heavy atom. The highest BCUT2D eigenvalue weighted by atomic mass is 32.2. The molecule has 0 radical (unpaired) electrons. The van der Waals surface area contributed by atoms with Crippen molar-refractivity contribution in [3.8, 4) is 11.3 Å². The minimum absolute atomic E-state index is 0.00400. The summed E-state index contributed by atoms with van der Waals surface area (Å²) in [4.78, 5) is 18.3. The van der Waals surface area contributed by atoms with Gasteiger partial charge < -0.3 is 5.32 Å². The van der Waals surface area contributed by atoms with Gasteiger partial charge in [-0.15, -0.1) is 0 Å². The standard InChI is InChI=1S/C28H32F3N7O3S/c1-5-42(40,41)37-12-10-19(11-13-37)16-38-18(3)25(26(35-38)28(29,30)31)34-27(39)21-14-24(22-15-32-36(4)17(22)2)33-23-9-7-6-8-20(21)23/h6-9,14-15,19H,5,10-13,16H2,1-4H3,(H,34,39). The van der Waals surface area contributed by atoms with Crippen molar-refractivity contribution in [1.82, 2.24) is 28.9 Å². The lowest BCUT2D eigenvalue weighted by Crippen LogP contribution is -2.40. The molecule has 10 nitrogen and oxygen atoms in total. The van der Waals surface area contributed by atoms with Crippen LogP contribution in [0.1, 0.15) is 47.2 Å². The summed E-state index contributed by atoms with van der Waals surface area (Å²) in [5, 5.41) is 11.1. The second kappa shape index (κ2) is 11.1. The van der Waals surface area contributed by atoms with Crippen LogP contribution in [0.25, 0.3) is 22.2 Å². The van der Waals surface area contributed by atoms with Crippen LogP contribution in [0.4, 0.5) is 18.9 Å². The molecule has 1 amide bonds. The third-order valence-corrected chi connectivity index (χ3v) is 9.83. The zero-order chi connectivity index (χ0) is 30.4. The molecule has 0 saturated carbocycles. The summed E-state index contributed by atoms with van der Waals surface area (Å²) in [5.74, 6) is -0.780. The first-order chi connectivity index (χ1) is 19.8. The number of amides is 1. The molecule has 0 spiro atoms. The highest BCUT2D eigenvalue weighted by Gasteiger charge is 2.40. The molecule has 1 fully saturated rings. The first-order valence-electron chi connectivity index (χ1n) is 13.6. The molecular weight excluding hydrogens is 571 g/mol. The van der Waals surface area contributed by atoms with Crippen molar-refractivity contribution in [1.29, 1.82) is 0 Å². The number of nitrogens with zero attached hydrogens (tertiary/aromatic N) is 6. The van der Waals surface area contributed by atoms with E-state index in [1.807, 2.05) is 6.92 Å². The van der Waals surface area contributed by atoms with Crippen molar-refractivity contribution >= 4 is 32.5 Å². The molecule has 224 valence electrons. The Hall–Kier alpha value is -3.78. The molecule has 4 aromatic rings. The lowest BCUT2D eigenvalue weighted by Gasteiger charge is -2.31. The normalized spacial score (nSPS) is 15.4. The number of carbonyl (C=O) groups is 1. The Morgan fingerprint density at radius 1 is 1.12 bits per heavy atom. The Morgan fingerprint density at radius 3 is 2.43 bits per heavy atom. The van der Waals surface area contributed by atoms with Crippen LogP contribution < -0.4 is 5.32 Å². The molecule has 0 aliphatic carbocycles. The first kappa shape index (κ1) is 29.7.